The summed E-state index contributed by atoms with van der Waals surface area (Å²) in [6.45, 7) is 4.20. The Morgan fingerprint density at radius 3 is 2.45 bits per heavy atom. The predicted molar refractivity (Wildman–Crippen MR) is 130 cm³/mol. The van der Waals surface area contributed by atoms with Crippen LogP contribution in [0.2, 0.25) is 5.02 Å². The summed E-state index contributed by atoms with van der Waals surface area (Å²) in [4.78, 5) is 25.5. The summed E-state index contributed by atoms with van der Waals surface area (Å²) in [5.41, 5.74) is 7.99. The molecule has 0 saturated heterocycles. The molecule has 1 aromatic carbocycles. The van der Waals surface area contributed by atoms with E-state index in [1.54, 1.807) is 18.2 Å². The molecule has 0 radical (unpaired) electrons. The molecule has 1 aliphatic rings. The van der Waals surface area contributed by atoms with Crippen LogP contribution < -0.4 is 26.4 Å². The van der Waals surface area contributed by atoms with Gasteiger partial charge in [0, 0.05) is 36.7 Å². The molecule has 2 amide bonds. The van der Waals surface area contributed by atoms with Gasteiger partial charge in [-0.25, -0.2) is 13.1 Å². The molecule has 1 atom stereocenters. The summed E-state index contributed by atoms with van der Waals surface area (Å²) in [5.74, 6) is -0.403. The molecule has 0 bridgehead atoms. The maximum absolute atomic E-state index is 12.8. The Kier molecular flexibility index (Phi) is 9.95. The molecular weight excluding hydrogens is 466 g/mol. The molecule has 11 heteroatoms. The molecule has 180 valence electrons. The number of sulfonamides is 1. The number of amides is 2. The number of nitrogens with one attached hydrogen (secondary N) is 4. The normalized spacial score (nSPS) is 14.1. The Bertz CT molecular complexity index is 1040. The molecular formula is C22H30ClN5O4S. The Morgan fingerprint density at radius 1 is 1.12 bits per heavy atom. The van der Waals surface area contributed by atoms with Crippen LogP contribution in [-0.2, 0) is 19.6 Å². The van der Waals surface area contributed by atoms with Crippen molar-refractivity contribution in [1.82, 2.24) is 20.7 Å². The van der Waals surface area contributed by atoms with E-state index in [0.717, 1.165) is 17.4 Å². The highest BCUT2D eigenvalue weighted by molar-refractivity contribution is 7.88. The molecule has 33 heavy (non-hydrogen) atoms. The van der Waals surface area contributed by atoms with Gasteiger partial charge in [0.25, 0.3) is 0 Å². The van der Waals surface area contributed by atoms with Crippen molar-refractivity contribution in [1.29, 1.82) is 0 Å². The number of allylic oxidation sites excluding steroid dienone is 3. The van der Waals surface area contributed by atoms with Crippen LogP contribution in [0, 0.1) is 0 Å². The van der Waals surface area contributed by atoms with E-state index in [4.69, 9.17) is 17.3 Å². The molecule has 0 saturated carbocycles. The van der Waals surface area contributed by atoms with Crippen LogP contribution in [0.3, 0.4) is 0 Å². The summed E-state index contributed by atoms with van der Waals surface area (Å²) in [6.07, 6.45) is 6.02. The quantitative estimate of drug-likeness (QED) is 0.258. The molecule has 0 aliphatic heterocycles. The van der Waals surface area contributed by atoms with Crippen molar-refractivity contribution in [3.8, 4) is 0 Å². The minimum absolute atomic E-state index is 0.0549. The largest absolute Gasteiger partial charge is 0.386 e. The average Bonchev–Trinajstić information content (AvgIpc) is 3.23. The monoisotopic (exact) mass is 495 g/mol. The lowest BCUT2D eigenvalue weighted by Crippen LogP contribution is -2.48. The van der Waals surface area contributed by atoms with Gasteiger partial charge < -0.3 is 21.7 Å². The zero-order valence-corrected chi connectivity index (χ0v) is 20.1. The lowest BCUT2D eigenvalue weighted by Gasteiger charge is -2.19. The van der Waals surface area contributed by atoms with E-state index >= 15 is 0 Å². The first kappa shape index (κ1) is 26.4. The van der Waals surface area contributed by atoms with Gasteiger partial charge in [-0.3, -0.25) is 9.59 Å². The topological polar surface area (TPSA) is 142 Å². The molecule has 6 N–H and O–H groups in total. The second kappa shape index (κ2) is 12.4. The van der Waals surface area contributed by atoms with Crippen LogP contribution in [0.15, 0.2) is 54.4 Å². The maximum Gasteiger partial charge on any atom is 0.248 e. The van der Waals surface area contributed by atoms with E-state index < -0.39 is 22.0 Å². The zero-order valence-electron chi connectivity index (χ0n) is 18.5. The molecule has 9 nitrogen and oxygen atoms in total. The molecule has 1 unspecified atom stereocenters. The second-order valence-corrected chi connectivity index (χ2v) is 9.91. The van der Waals surface area contributed by atoms with Gasteiger partial charge in [-0.2, -0.15) is 0 Å². The van der Waals surface area contributed by atoms with Crippen LogP contribution >= 0.6 is 11.6 Å². The van der Waals surface area contributed by atoms with Crippen LogP contribution in [0.5, 0.6) is 0 Å². The van der Waals surface area contributed by atoms with Gasteiger partial charge in [0.15, 0.2) is 0 Å². The van der Waals surface area contributed by atoms with Crippen molar-refractivity contribution in [3.05, 3.63) is 65.0 Å². The van der Waals surface area contributed by atoms with Crippen molar-refractivity contribution in [2.24, 2.45) is 5.73 Å². The summed E-state index contributed by atoms with van der Waals surface area (Å²) >= 11 is 5.94. The van der Waals surface area contributed by atoms with E-state index in [-0.39, 0.29) is 19.0 Å². The van der Waals surface area contributed by atoms with Crippen LogP contribution in [0.4, 0.5) is 0 Å². The van der Waals surface area contributed by atoms with Crippen LogP contribution in [0.25, 0.3) is 5.57 Å². The van der Waals surface area contributed by atoms with Gasteiger partial charge in [-0.15, -0.1) is 0 Å². The summed E-state index contributed by atoms with van der Waals surface area (Å²) < 4.78 is 24.6. The second-order valence-electron chi connectivity index (χ2n) is 7.65. The van der Waals surface area contributed by atoms with Gasteiger partial charge in [0.05, 0.1) is 12.1 Å². The third-order valence-electron chi connectivity index (χ3n) is 4.81. The Hall–Kier alpha value is -2.82. The molecule has 0 fully saturated rings. The van der Waals surface area contributed by atoms with Crippen molar-refractivity contribution >= 4 is 39.0 Å². The van der Waals surface area contributed by atoms with Crippen molar-refractivity contribution < 1.29 is 18.0 Å². The van der Waals surface area contributed by atoms with Gasteiger partial charge >= 0.3 is 0 Å². The standard InChI is InChI=1S/C22H30ClN5O4S/c1-15(24)25-11-3-4-20(22(30)26-12-13-27-33(2,31)32)28-21(29)18-6-5-17(14-18)16-7-9-19(23)10-8-16/h5-10,20,25,27H,1,3-4,11-14,24H2,2H3,(H,26,30)(H,28,29). The number of rotatable bonds is 13. The maximum atomic E-state index is 12.8. The zero-order chi connectivity index (χ0) is 24.4. The molecule has 0 spiro atoms. The summed E-state index contributed by atoms with van der Waals surface area (Å²) in [5, 5.41) is 8.96. The SMILES string of the molecule is C=C(N)NCCCC(NC(=O)C1=CC=C(c2ccc(Cl)cc2)C1)C(=O)NCCNS(C)(=O)=O. The highest BCUT2D eigenvalue weighted by Gasteiger charge is 2.24. The molecule has 0 aromatic heterocycles. The third-order valence-corrected chi connectivity index (χ3v) is 5.79. The van der Waals surface area contributed by atoms with Crippen molar-refractivity contribution in [2.75, 3.05) is 25.9 Å². The minimum Gasteiger partial charge on any atom is -0.386 e. The Balaban J connectivity index is 1.93. The Labute approximate surface area is 199 Å². The number of benzene rings is 1. The first-order valence-electron chi connectivity index (χ1n) is 10.4. The number of nitrogens with two attached hydrogens (primary N) is 1. The van der Waals surface area contributed by atoms with E-state index in [1.807, 2.05) is 18.2 Å². The van der Waals surface area contributed by atoms with E-state index in [0.29, 0.717) is 42.2 Å². The highest BCUT2D eigenvalue weighted by atomic mass is 35.5. The number of carbonyl (C=O) groups excluding carboxylic acids is 2. The Morgan fingerprint density at radius 2 is 1.82 bits per heavy atom. The minimum atomic E-state index is -3.35. The fraction of sp³-hybridized carbons (Fsp3) is 0.364. The van der Waals surface area contributed by atoms with Crippen molar-refractivity contribution in [2.45, 2.75) is 25.3 Å². The fourth-order valence-electron chi connectivity index (χ4n) is 3.16. The lowest BCUT2D eigenvalue weighted by molar-refractivity contribution is -0.127. The van der Waals surface area contributed by atoms with Gasteiger partial charge in [-0.1, -0.05) is 42.5 Å². The van der Waals surface area contributed by atoms with E-state index in [2.05, 4.69) is 27.3 Å². The van der Waals surface area contributed by atoms with Crippen LogP contribution in [0.1, 0.15) is 24.8 Å². The first-order chi connectivity index (χ1) is 15.5. The van der Waals surface area contributed by atoms with Gasteiger partial charge in [0.2, 0.25) is 21.8 Å². The van der Waals surface area contributed by atoms with Crippen molar-refractivity contribution in [3.63, 3.8) is 0 Å². The van der Waals surface area contributed by atoms with E-state index in [1.165, 1.54) is 0 Å². The number of carbonyl (C=O) groups is 2. The fourth-order valence-corrected chi connectivity index (χ4v) is 3.76. The molecule has 1 aromatic rings. The lowest BCUT2D eigenvalue weighted by atomic mass is 10.0. The van der Waals surface area contributed by atoms with Gasteiger partial charge in [-0.05, 0) is 36.1 Å². The summed E-state index contributed by atoms with van der Waals surface area (Å²) in [7, 11) is -3.35. The average molecular weight is 496 g/mol. The molecule has 0 heterocycles. The summed E-state index contributed by atoms with van der Waals surface area (Å²) in [6, 6.07) is 6.57. The van der Waals surface area contributed by atoms with E-state index in [9.17, 15) is 18.0 Å². The highest BCUT2D eigenvalue weighted by Crippen LogP contribution is 2.29. The van der Waals surface area contributed by atoms with Gasteiger partial charge in [0.1, 0.15) is 6.04 Å². The number of hydrogen-bond donors (Lipinski definition) is 5. The van der Waals surface area contributed by atoms with Crippen LogP contribution in [-0.4, -0.2) is 52.2 Å². The smallest absolute Gasteiger partial charge is 0.248 e. The third kappa shape index (κ3) is 9.68. The first-order valence-corrected chi connectivity index (χ1v) is 12.7. The molecule has 2 rings (SSSR count). The molecule has 1 aliphatic carbocycles. The number of hydrogen-bond acceptors (Lipinski definition) is 6. The number of halogens is 1. The predicted octanol–water partition coefficient (Wildman–Crippen LogP) is 1.00.